The van der Waals surface area contributed by atoms with Crippen LogP contribution in [0.3, 0.4) is 0 Å². The summed E-state index contributed by atoms with van der Waals surface area (Å²) in [5.41, 5.74) is 5.56. The number of rotatable bonds is 7. The number of aromatic nitrogens is 1. The highest BCUT2D eigenvalue weighted by Gasteiger charge is 2.57. The third-order valence-corrected chi connectivity index (χ3v) is 10.0. The molecule has 2 aromatic rings. The van der Waals surface area contributed by atoms with Crippen molar-refractivity contribution in [3.05, 3.63) is 39.9 Å². The van der Waals surface area contributed by atoms with E-state index in [0.717, 1.165) is 42.7 Å². The van der Waals surface area contributed by atoms with E-state index in [1.807, 2.05) is 6.92 Å². The number of benzene rings is 1. The number of fused-ring (bicyclic) bond motifs is 5. The molecule has 5 rings (SSSR count). The van der Waals surface area contributed by atoms with Gasteiger partial charge in [-0.25, -0.2) is 4.98 Å². The molecule has 1 N–H and O–H groups in total. The van der Waals surface area contributed by atoms with Gasteiger partial charge in [0.05, 0.1) is 12.8 Å². The Morgan fingerprint density at radius 2 is 2.14 bits per heavy atom. The van der Waals surface area contributed by atoms with Gasteiger partial charge in [0.25, 0.3) is 0 Å². The number of aryl methyl sites for hydroxylation is 3. The standard InChI is InChI=1S/C29H39N3O3S/c1-6-18-13-23-19(14-24(18)34-4)7-9-22-21(23)11-12-29(3)25(32-35-5)15-20(27(22)29)8-10-26(33)31-28-30-16-17(2)36-28/h13-14,16,20-22,27H,6-12,15H2,1-5H3,(H,30,31,33). The smallest absolute Gasteiger partial charge is 0.226 e. The topological polar surface area (TPSA) is 72.8 Å². The van der Waals surface area contributed by atoms with Gasteiger partial charge in [-0.2, -0.15) is 0 Å². The van der Waals surface area contributed by atoms with E-state index in [0.29, 0.717) is 35.2 Å². The summed E-state index contributed by atoms with van der Waals surface area (Å²) in [4.78, 5) is 23.5. The van der Waals surface area contributed by atoms with Crippen molar-refractivity contribution < 1.29 is 14.4 Å². The minimum Gasteiger partial charge on any atom is -0.496 e. The lowest BCUT2D eigenvalue weighted by Crippen LogP contribution is -2.44. The molecule has 5 unspecified atom stereocenters. The summed E-state index contributed by atoms with van der Waals surface area (Å²) >= 11 is 1.52. The first-order chi connectivity index (χ1) is 17.4. The molecule has 7 heteroatoms. The highest BCUT2D eigenvalue weighted by atomic mass is 32.1. The Morgan fingerprint density at radius 1 is 1.31 bits per heavy atom. The average Bonchev–Trinajstić information content (AvgIpc) is 3.41. The van der Waals surface area contributed by atoms with E-state index in [2.05, 4.69) is 41.4 Å². The fourth-order valence-electron chi connectivity index (χ4n) is 7.62. The molecule has 1 aromatic heterocycles. The molecule has 1 amide bonds. The number of amides is 1. The Hall–Kier alpha value is -2.41. The van der Waals surface area contributed by atoms with Gasteiger partial charge in [-0.05, 0) is 98.3 Å². The molecule has 0 saturated heterocycles. The quantitative estimate of drug-likeness (QED) is 0.431. The number of carbonyl (C=O) groups is 1. The van der Waals surface area contributed by atoms with Crippen LogP contribution in [-0.4, -0.2) is 30.8 Å². The van der Waals surface area contributed by atoms with E-state index in [4.69, 9.17) is 9.57 Å². The first-order valence-electron chi connectivity index (χ1n) is 13.4. The van der Waals surface area contributed by atoms with Crippen LogP contribution in [0.25, 0.3) is 0 Å². The molecule has 5 atom stereocenters. The average molecular weight is 510 g/mol. The molecule has 2 saturated carbocycles. The van der Waals surface area contributed by atoms with Crippen molar-refractivity contribution >= 4 is 28.1 Å². The number of hydrogen-bond acceptors (Lipinski definition) is 6. The first kappa shape index (κ1) is 25.2. The van der Waals surface area contributed by atoms with Crippen LogP contribution in [0.5, 0.6) is 5.75 Å². The Balaban J connectivity index is 1.40. The number of methoxy groups -OCH3 is 1. The Bertz CT molecular complexity index is 1160. The number of thiazole rings is 1. The number of nitrogens with zero attached hydrogens (tertiary/aromatic N) is 2. The van der Waals surface area contributed by atoms with Gasteiger partial charge in [-0.1, -0.05) is 25.1 Å². The van der Waals surface area contributed by atoms with Crippen LogP contribution >= 0.6 is 11.3 Å². The number of hydrogen-bond donors (Lipinski definition) is 1. The molecule has 6 nitrogen and oxygen atoms in total. The normalized spacial score (nSPS) is 29.9. The Kier molecular flexibility index (Phi) is 7.12. The second-order valence-electron chi connectivity index (χ2n) is 11.1. The lowest BCUT2D eigenvalue weighted by atomic mass is 9.53. The highest BCUT2D eigenvalue weighted by Crippen LogP contribution is 2.62. The van der Waals surface area contributed by atoms with E-state index in [1.165, 1.54) is 41.0 Å². The van der Waals surface area contributed by atoms with E-state index in [1.54, 1.807) is 26.0 Å². The summed E-state index contributed by atoms with van der Waals surface area (Å²) in [6.45, 7) is 6.62. The number of ether oxygens (including phenoxy) is 1. The summed E-state index contributed by atoms with van der Waals surface area (Å²) < 4.78 is 5.71. The lowest BCUT2D eigenvalue weighted by Gasteiger charge is -2.50. The zero-order chi connectivity index (χ0) is 25.4. The van der Waals surface area contributed by atoms with Crippen molar-refractivity contribution in [1.29, 1.82) is 0 Å². The van der Waals surface area contributed by atoms with Crippen LogP contribution in [0.15, 0.2) is 23.5 Å². The van der Waals surface area contributed by atoms with Crippen LogP contribution in [0.2, 0.25) is 0 Å². The maximum atomic E-state index is 12.8. The zero-order valence-corrected chi connectivity index (χ0v) is 23.0. The predicted octanol–water partition coefficient (Wildman–Crippen LogP) is 6.53. The van der Waals surface area contributed by atoms with Crippen molar-refractivity contribution in [3.63, 3.8) is 0 Å². The third kappa shape index (κ3) is 4.44. The number of oxime groups is 1. The van der Waals surface area contributed by atoms with Crippen molar-refractivity contribution in [2.24, 2.45) is 28.3 Å². The zero-order valence-electron chi connectivity index (χ0n) is 22.2. The molecule has 2 fully saturated rings. The second-order valence-corrected chi connectivity index (χ2v) is 12.3. The molecule has 3 aliphatic rings. The van der Waals surface area contributed by atoms with Crippen LogP contribution in [0.1, 0.15) is 79.9 Å². The molecule has 3 aliphatic carbocycles. The SMILES string of the molecule is CCc1cc2c(cc1OC)CCC1C2CCC2(C)C(=NOC)CC(CCC(=O)Nc3ncc(C)s3)C12. The third-order valence-electron chi connectivity index (χ3n) is 9.19. The van der Waals surface area contributed by atoms with Gasteiger partial charge in [-0.15, -0.1) is 11.3 Å². The van der Waals surface area contributed by atoms with Crippen molar-refractivity contribution in [3.8, 4) is 5.75 Å². The van der Waals surface area contributed by atoms with E-state index in [-0.39, 0.29) is 11.3 Å². The van der Waals surface area contributed by atoms with Gasteiger partial charge in [0, 0.05) is 22.9 Å². The second kappa shape index (κ2) is 10.2. The van der Waals surface area contributed by atoms with Crippen molar-refractivity contribution in [2.75, 3.05) is 19.5 Å². The predicted molar refractivity (Wildman–Crippen MR) is 145 cm³/mol. The van der Waals surface area contributed by atoms with Crippen molar-refractivity contribution in [1.82, 2.24) is 4.98 Å². The van der Waals surface area contributed by atoms with Gasteiger partial charge in [0.15, 0.2) is 5.13 Å². The molecular formula is C29H39N3O3S. The highest BCUT2D eigenvalue weighted by molar-refractivity contribution is 7.15. The van der Waals surface area contributed by atoms with Gasteiger partial charge in [0.1, 0.15) is 12.9 Å². The fourth-order valence-corrected chi connectivity index (χ4v) is 8.30. The summed E-state index contributed by atoms with van der Waals surface area (Å²) in [6.07, 6.45) is 9.69. The first-order valence-corrected chi connectivity index (χ1v) is 14.2. The van der Waals surface area contributed by atoms with Gasteiger partial charge < -0.3 is 14.9 Å². The lowest BCUT2D eigenvalue weighted by molar-refractivity contribution is -0.116. The monoisotopic (exact) mass is 509 g/mol. The van der Waals surface area contributed by atoms with Gasteiger partial charge in [-0.3, -0.25) is 4.79 Å². The summed E-state index contributed by atoms with van der Waals surface area (Å²) in [5.74, 6) is 3.22. The number of nitrogens with one attached hydrogen (secondary N) is 1. The molecule has 0 aliphatic heterocycles. The molecule has 1 aromatic carbocycles. The number of anilines is 1. The Labute approximate surface area is 218 Å². The maximum absolute atomic E-state index is 12.8. The summed E-state index contributed by atoms with van der Waals surface area (Å²) in [5, 5.41) is 8.24. The minimum atomic E-state index is 0.0439. The van der Waals surface area contributed by atoms with Gasteiger partial charge >= 0.3 is 0 Å². The van der Waals surface area contributed by atoms with Crippen LogP contribution in [0.4, 0.5) is 5.13 Å². The molecule has 36 heavy (non-hydrogen) atoms. The largest absolute Gasteiger partial charge is 0.496 e. The fraction of sp³-hybridized carbons (Fsp3) is 0.621. The molecule has 0 spiro atoms. The molecule has 0 bridgehead atoms. The van der Waals surface area contributed by atoms with E-state index >= 15 is 0 Å². The summed E-state index contributed by atoms with van der Waals surface area (Å²) in [7, 11) is 3.44. The van der Waals surface area contributed by atoms with E-state index in [9.17, 15) is 4.79 Å². The van der Waals surface area contributed by atoms with Crippen LogP contribution in [-0.2, 0) is 22.5 Å². The number of carbonyl (C=O) groups excluding carboxylic acids is 1. The van der Waals surface area contributed by atoms with E-state index < -0.39 is 0 Å². The minimum absolute atomic E-state index is 0.0439. The molecule has 1 heterocycles. The van der Waals surface area contributed by atoms with Gasteiger partial charge in [0.2, 0.25) is 5.91 Å². The van der Waals surface area contributed by atoms with Crippen molar-refractivity contribution in [2.45, 2.75) is 78.1 Å². The molecular weight excluding hydrogens is 470 g/mol. The van der Waals surface area contributed by atoms with Crippen LogP contribution in [0, 0.1) is 30.1 Å². The summed E-state index contributed by atoms with van der Waals surface area (Å²) in [6, 6.07) is 4.73. The van der Waals surface area contributed by atoms with Crippen LogP contribution < -0.4 is 10.1 Å². The maximum Gasteiger partial charge on any atom is 0.226 e. The molecule has 194 valence electrons. The Morgan fingerprint density at radius 3 is 2.83 bits per heavy atom. The molecule has 0 radical (unpaired) electrons.